The Bertz CT molecular complexity index is 648. The number of aliphatic carboxylic acids is 1. The van der Waals surface area contributed by atoms with Crippen LogP contribution in [0.1, 0.15) is 66.2 Å². The maximum atomic E-state index is 11.8. The second-order valence-electron chi connectivity index (χ2n) is 7.53. The molecule has 170 valence electrons. The van der Waals surface area contributed by atoms with Crippen molar-refractivity contribution in [1.29, 1.82) is 0 Å². The van der Waals surface area contributed by atoms with Crippen LogP contribution in [0.2, 0.25) is 0 Å². The van der Waals surface area contributed by atoms with E-state index in [0.717, 1.165) is 25.7 Å². The van der Waals surface area contributed by atoms with Crippen molar-refractivity contribution < 1.29 is 24.2 Å². The molecule has 1 amide bonds. The second-order valence-corrected chi connectivity index (χ2v) is 8.61. The summed E-state index contributed by atoms with van der Waals surface area (Å²) in [6.07, 6.45) is 10.7. The minimum absolute atomic E-state index is 0.0629. The van der Waals surface area contributed by atoms with Crippen molar-refractivity contribution in [1.82, 2.24) is 5.32 Å². The van der Waals surface area contributed by atoms with Crippen LogP contribution in [0.4, 0.5) is 0 Å². The SMILES string of the molecule is COC(=O)CCC(=O)N[C@@H](CSCC=C(C)CCC=C(C)CCC=C(C)C)C(=O)O. The van der Waals surface area contributed by atoms with Gasteiger partial charge < -0.3 is 15.2 Å². The average Bonchev–Trinajstić information content (AvgIpc) is 2.67. The molecule has 0 aromatic carbocycles. The van der Waals surface area contributed by atoms with Gasteiger partial charge in [0.25, 0.3) is 0 Å². The fraction of sp³-hybridized carbons (Fsp3) is 0.609. The fourth-order valence-corrected chi connectivity index (χ4v) is 3.48. The first-order valence-electron chi connectivity index (χ1n) is 10.3. The van der Waals surface area contributed by atoms with Crippen LogP contribution in [0.5, 0.6) is 0 Å². The summed E-state index contributed by atoms with van der Waals surface area (Å²) in [5.41, 5.74) is 4.02. The molecule has 7 heteroatoms. The summed E-state index contributed by atoms with van der Waals surface area (Å²) in [7, 11) is 1.25. The molecule has 0 radical (unpaired) electrons. The van der Waals surface area contributed by atoms with Crippen molar-refractivity contribution in [3.05, 3.63) is 34.9 Å². The molecule has 0 rings (SSSR count). The van der Waals surface area contributed by atoms with Crippen LogP contribution in [-0.4, -0.2) is 47.6 Å². The summed E-state index contributed by atoms with van der Waals surface area (Å²) in [4.78, 5) is 34.2. The number of allylic oxidation sites excluding steroid dienone is 5. The van der Waals surface area contributed by atoms with Crippen molar-refractivity contribution in [2.24, 2.45) is 0 Å². The van der Waals surface area contributed by atoms with Crippen molar-refractivity contribution >= 4 is 29.6 Å². The van der Waals surface area contributed by atoms with Gasteiger partial charge in [0.2, 0.25) is 5.91 Å². The Labute approximate surface area is 185 Å². The second kappa shape index (κ2) is 16.7. The molecular formula is C23H37NO5S. The Balaban J connectivity index is 4.22. The van der Waals surface area contributed by atoms with E-state index in [1.165, 1.54) is 35.6 Å². The molecule has 0 aliphatic carbocycles. The van der Waals surface area contributed by atoms with Crippen LogP contribution in [0, 0.1) is 0 Å². The highest BCUT2D eigenvalue weighted by Crippen LogP contribution is 2.13. The van der Waals surface area contributed by atoms with Gasteiger partial charge in [0.15, 0.2) is 0 Å². The van der Waals surface area contributed by atoms with Gasteiger partial charge in [0.1, 0.15) is 6.04 Å². The number of ether oxygens (including phenoxy) is 1. The molecule has 0 fully saturated rings. The lowest BCUT2D eigenvalue weighted by molar-refractivity contribution is -0.142. The summed E-state index contributed by atoms with van der Waals surface area (Å²) in [5.74, 6) is -1.08. The van der Waals surface area contributed by atoms with Gasteiger partial charge in [0, 0.05) is 17.9 Å². The smallest absolute Gasteiger partial charge is 0.327 e. The summed E-state index contributed by atoms with van der Waals surface area (Å²) in [5, 5.41) is 11.7. The summed E-state index contributed by atoms with van der Waals surface area (Å²) < 4.78 is 4.47. The van der Waals surface area contributed by atoms with E-state index in [2.05, 4.69) is 56.0 Å². The number of thioether (sulfide) groups is 1. The standard InChI is InChI=1S/C23H37NO5S/c1-17(2)8-6-9-18(3)10-7-11-19(4)14-15-30-16-20(23(27)28)24-21(25)12-13-22(26)29-5/h8,10,14,20H,6-7,9,11-13,15-16H2,1-5H3,(H,24,25)(H,27,28)/t20-/m0/s1. The molecule has 0 spiro atoms. The number of hydrogen-bond acceptors (Lipinski definition) is 5. The lowest BCUT2D eigenvalue weighted by Crippen LogP contribution is -2.42. The van der Waals surface area contributed by atoms with Crippen LogP contribution >= 0.6 is 11.8 Å². The number of hydrogen-bond donors (Lipinski definition) is 2. The first-order chi connectivity index (χ1) is 14.1. The highest BCUT2D eigenvalue weighted by molar-refractivity contribution is 7.99. The van der Waals surface area contributed by atoms with Gasteiger partial charge in [-0.05, 0) is 53.4 Å². The normalized spacial score (nSPS) is 12.8. The average molecular weight is 440 g/mol. The Hall–Kier alpha value is -2.02. The molecule has 0 aliphatic heterocycles. The number of carboxylic acids is 1. The van der Waals surface area contributed by atoms with E-state index in [1.54, 1.807) is 0 Å². The van der Waals surface area contributed by atoms with Gasteiger partial charge in [-0.1, -0.05) is 34.9 Å². The van der Waals surface area contributed by atoms with E-state index in [1.807, 2.05) is 0 Å². The molecule has 6 nitrogen and oxygen atoms in total. The lowest BCUT2D eigenvalue weighted by Gasteiger charge is -2.13. The molecule has 0 aliphatic rings. The number of esters is 1. The van der Waals surface area contributed by atoms with E-state index in [0.29, 0.717) is 5.75 Å². The quantitative estimate of drug-likeness (QED) is 0.219. The molecule has 2 N–H and O–H groups in total. The van der Waals surface area contributed by atoms with Crippen molar-refractivity contribution in [3.63, 3.8) is 0 Å². The van der Waals surface area contributed by atoms with Crippen molar-refractivity contribution in [2.45, 2.75) is 72.3 Å². The molecule has 0 aromatic heterocycles. The molecule has 0 heterocycles. The highest BCUT2D eigenvalue weighted by atomic mass is 32.2. The fourth-order valence-electron chi connectivity index (χ4n) is 2.48. The number of amides is 1. The number of methoxy groups -OCH3 is 1. The topological polar surface area (TPSA) is 92.7 Å². The summed E-state index contributed by atoms with van der Waals surface area (Å²) in [6.45, 7) is 8.47. The Morgan fingerprint density at radius 3 is 2.10 bits per heavy atom. The van der Waals surface area contributed by atoms with E-state index < -0.39 is 23.9 Å². The third-order valence-corrected chi connectivity index (χ3v) is 5.35. The van der Waals surface area contributed by atoms with Gasteiger partial charge in [0.05, 0.1) is 13.5 Å². The van der Waals surface area contributed by atoms with Crippen LogP contribution < -0.4 is 5.32 Å². The molecule has 0 saturated heterocycles. The first kappa shape index (κ1) is 28.0. The lowest BCUT2D eigenvalue weighted by atomic mass is 10.1. The van der Waals surface area contributed by atoms with E-state index in [-0.39, 0.29) is 18.6 Å². The molecule has 0 bridgehead atoms. The van der Waals surface area contributed by atoms with Crippen LogP contribution in [0.3, 0.4) is 0 Å². The van der Waals surface area contributed by atoms with Gasteiger partial charge in [-0.3, -0.25) is 9.59 Å². The number of carbonyl (C=O) groups is 3. The Morgan fingerprint density at radius 2 is 1.53 bits per heavy atom. The molecule has 30 heavy (non-hydrogen) atoms. The molecule has 1 atom stereocenters. The number of nitrogens with one attached hydrogen (secondary N) is 1. The minimum atomic E-state index is -1.08. The van der Waals surface area contributed by atoms with E-state index in [4.69, 9.17) is 0 Å². The summed E-state index contributed by atoms with van der Waals surface area (Å²) in [6, 6.07) is -0.972. The zero-order chi connectivity index (χ0) is 22.9. The maximum Gasteiger partial charge on any atom is 0.327 e. The van der Waals surface area contributed by atoms with Crippen LogP contribution in [0.15, 0.2) is 34.9 Å². The molecule has 0 unspecified atom stereocenters. The van der Waals surface area contributed by atoms with Gasteiger partial charge in [-0.25, -0.2) is 4.79 Å². The zero-order valence-corrected chi connectivity index (χ0v) is 19.8. The zero-order valence-electron chi connectivity index (χ0n) is 19.0. The highest BCUT2D eigenvalue weighted by Gasteiger charge is 2.20. The summed E-state index contributed by atoms with van der Waals surface area (Å²) >= 11 is 1.46. The predicted molar refractivity (Wildman–Crippen MR) is 124 cm³/mol. The number of carboxylic acid groups (broad SMARTS) is 1. The van der Waals surface area contributed by atoms with Crippen molar-refractivity contribution in [2.75, 3.05) is 18.6 Å². The number of rotatable bonds is 15. The van der Waals surface area contributed by atoms with Gasteiger partial charge in [-0.2, -0.15) is 11.8 Å². The van der Waals surface area contributed by atoms with E-state index in [9.17, 15) is 19.5 Å². The first-order valence-corrected chi connectivity index (χ1v) is 11.4. The molecular weight excluding hydrogens is 402 g/mol. The number of carbonyl (C=O) groups excluding carboxylic acids is 2. The maximum absolute atomic E-state index is 11.8. The Morgan fingerprint density at radius 1 is 0.933 bits per heavy atom. The molecule has 0 saturated carbocycles. The van der Waals surface area contributed by atoms with Crippen molar-refractivity contribution in [3.8, 4) is 0 Å². The van der Waals surface area contributed by atoms with E-state index >= 15 is 0 Å². The third-order valence-electron chi connectivity index (χ3n) is 4.37. The van der Waals surface area contributed by atoms with Gasteiger partial charge >= 0.3 is 11.9 Å². The monoisotopic (exact) mass is 439 g/mol. The molecule has 0 aromatic rings. The minimum Gasteiger partial charge on any atom is -0.480 e. The Kier molecular flexibility index (Phi) is 15.6. The van der Waals surface area contributed by atoms with Crippen LogP contribution in [0.25, 0.3) is 0 Å². The van der Waals surface area contributed by atoms with Gasteiger partial charge in [-0.15, -0.1) is 0 Å². The predicted octanol–water partition coefficient (Wildman–Crippen LogP) is 4.66. The largest absolute Gasteiger partial charge is 0.480 e. The third kappa shape index (κ3) is 15.9. The van der Waals surface area contributed by atoms with Crippen LogP contribution in [-0.2, 0) is 19.1 Å².